The van der Waals surface area contributed by atoms with Crippen molar-refractivity contribution in [1.29, 1.82) is 0 Å². The summed E-state index contributed by atoms with van der Waals surface area (Å²) in [6.07, 6.45) is 3.11. The number of hydrogen-bond donors (Lipinski definition) is 1. The van der Waals surface area contributed by atoms with Crippen LogP contribution in [0.2, 0.25) is 0 Å². The zero-order chi connectivity index (χ0) is 17.1. The van der Waals surface area contributed by atoms with Gasteiger partial charge in [-0.15, -0.1) is 11.3 Å². The third-order valence-electron chi connectivity index (χ3n) is 5.00. The molecule has 134 valence electrons. The van der Waals surface area contributed by atoms with Crippen LogP contribution in [0.1, 0.15) is 25.1 Å². The third kappa shape index (κ3) is 4.68. The highest BCUT2D eigenvalue weighted by molar-refractivity contribution is 7.15. The van der Waals surface area contributed by atoms with Crippen molar-refractivity contribution in [3.63, 3.8) is 0 Å². The first-order chi connectivity index (χ1) is 11.5. The summed E-state index contributed by atoms with van der Waals surface area (Å²) < 4.78 is 0. The summed E-state index contributed by atoms with van der Waals surface area (Å²) in [5, 5.41) is 0.638. The highest BCUT2D eigenvalue weighted by Crippen LogP contribution is 2.21. The molecular formula is C17H29N5OS. The molecule has 2 atom stereocenters. The van der Waals surface area contributed by atoms with Gasteiger partial charge in [0.2, 0.25) is 5.91 Å². The number of piperazine rings is 1. The average molecular weight is 352 g/mol. The number of hydrogen-bond acceptors (Lipinski definition) is 6. The van der Waals surface area contributed by atoms with Crippen LogP contribution in [-0.2, 0) is 11.3 Å². The van der Waals surface area contributed by atoms with E-state index in [4.69, 9.17) is 5.73 Å². The fourth-order valence-electron chi connectivity index (χ4n) is 3.88. The molecule has 2 N–H and O–H groups in total. The van der Waals surface area contributed by atoms with Crippen LogP contribution in [0.25, 0.3) is 0 Å². The van der Waals surface area contributed by atoms with Crippen molar-refractivity contribution < 1.29 is 4.79 Å². The number of piperidine rings is 1. The SMILES string of the molecule is CC1CC(C)CN(C(=O)CN2CCN(Cc3cnc(N)s3)CC2)C1. The number of carbonyl (C=O) groups is 1. The molecule has 1 aromatic rings. The molecule has 2 aliphatic rings. The molecule has 2 saturated heterocycles. The van der Waals surface area contributed by atoms with Crippen molar-refractivity contribution in [3.05, 3.63) is 11.1 Å². The van der Waals surface area contributed by atoms with E-state index in [0.29, 0.717) is 29.4 Å². The van der Waals surface area contributed by atoms with Gasteiger partial charge in [-0.1, -0.05) is 13.8 Å². The van der Waals surface area contributed by atoms with Gasteiger partial charge in [-0.05, 0) is 18.3 Å². The Balaban J connectivity index is 1.42. The van der Waals surface area contributed by atoms with Gasteiger partial charge in [0.05, 0.1) is 6.54 Å². The van der Waals surface area contributed by atoms with E-state index in [2.05, 4.69) is 33.5 Å². The van der Waals surface area contributed by atoms with Crippen LogP contribution < -0.4 is 5.73 Å². The van der Waals surface area contributed by atoms with E-state index < -0.39 is 0 Å². The van der Waals surface area contributed by atoms with E-state index in [1.54, 1.807) is 11.3 Å². The number of nitrogens with two attached hydrogens (primary N) is 1. The maximum atomic E-state index is 12.6. The minimum absolute atomic E-state index is 0.303. The third-order valence-corrected chi connectivity index (χ3v) is 5.81. The molecule has 0 bridgehead atoms. The summed E-state index contributed by atoms with van der Waals surface area (Å²) in [7, 11) is 0. The minimum Gasteiger partial charge on any atom is -0.375 e. The molecule has 0 saturated carbocycles. The van der Waals surface area contributed by atoms with Crippen LogP contribution in [-0.4, -0.2) is 71.4 Å². The van der Waals surface area contributed by atoms with Crippen molar-refractivity contribution in [2.45, 2.75) is 26.8 Å². The predicted octanol–water partition coefficient (Wildman–Crippen LogP) is 1.35. The molecule has 1 aromatic heterocycles. The van der Waals surface area contributed by atoms with Crippen LogP contribution in [0.5, 0.6) is 0 Å². The number of likely N-dealkylation sites (tertiary alicyclic amines) is 1. The van der Waals surface area contributed by atoms with Gasteiger partial charge in [-0.25, -0.2) is 4.98 Å². The van der Waals surface area contributed by atoms with Crippen molar-refractivity contribution >= 4 is 22.4 Å². The Kier molecular flexibility index (Phi) is 5.73. The predicted molar refractivity (Wildman–Crippen MR) is 97.8 cm³/mol. The van der Waals surface area contributed by atoms with E-state index >= 15 is 0 Å². The molecule has 0 aromatic carbocycles. The van der Waals surface area contributed by atoms with Crippen LogP contribution in [0, 0.1) is 11.8 Å². The van der Waals surface area contributed by atoms with Crippen LogP contribution in [0.3, 0.4) is 0 Å². The monoisotopic (exact) mass is 351 g/mol. The number of aromatic nitrogens is 1. The van der Waals surface area contributed by atoms with Crippen LogP contribution in [0.15, 0.2) is 6.20 Å². The van der Waals surface area contributed by atoms with Crippen molar-refractivity contribution in [1.82, 2.24) is 19.7 Å². The van der Waals surface area contributed by atoms with Gasteiger partial charge >= 0.3 is 0 Å². The number of nitrogen functional groups attached to an aromatic ring is 1. The van der Waals surface area contributed by atoms with Gasteiger partial charge < -0.3 is 10.6 Å². The summed E-state index contributed by atoms with van der Waals surface area (Å²) in [5.74, 6) is 1.56. The first-order valence-corrected chi connectivity index (χ1v) is 9.74. The average Bonchev–Trinajstić information content (AvgIpc) is 2.93. The number of amides is 1. The highest BCUT2D eigenvalue weighted by atomic mass is 32.1. The Bertz CT molecular complexity index is 545. The second-order valence-electron chi connectivity index (χ2n) is 7.46. The summed E-state index contributed by atoms with van der Waals surface area (Å²) in [5.41, 5.74) is 5.69. The van der Waals surface area contributed by atoms with Gasteiger partial charge in [0.25, 0.3) is 0 Å². The Morgan fingerprint density at radius 3 is 2.42 bits per heavy atom. The van der Waals surface area contributed by atoms with Gasteiger partial charge in [0.15, 0.2) is 5.13 Å². The van der Waals surface area contributed by atoms with Crippen LogP contribution >= 0.6 is 11.3 Å². The molecule has 6 nitrogen and oxygen atoms in total. The number of thiazole rings is 1. The van der Waals surface area contributed by atoms with Crippen molar-refractivity contribution in [3.8, 4) is 0 Å². The summed E-state index contributed by atoms with van der Waals surface area (Å²) in [6, 6.07) is 0. The fourth-order valence-corrected chi connectivity index (χ4v) is 4.61. The Morgan fingerprint density at radius 1 is 1.21 bits per heavy atom. The van der Waals surface area contributed by atoms with Crippen LogP contribution in [0.4, 0.5) is 5.13 Å². The van der Waals surface area contributed by atoms with E-state index in [-0.39, 0.29) is 0 Å². The van der Waals surface area contributed by atoms with Gasteiger partial charge in [0, 0.05) is 56.9 Å². The maximum absolute atomic E-state index is 12.6. The normalized spacial score (nSPS) is 26.7. The van der Waals surface area contributed by atoms with E-state index in [1.165, 1.54) is 11.3 Å². The summed E-state index contributed by atoms with van der Waals surface area (Å²) in [6.45, 7) is 11.7. The molecule has 3 rings (SSSR count). The minimum atomic E-state index is 0.303. The lowest BCUT2D eigenvalue weighted by Gasteiger charge is -2.38. The molecule has 7 heteroatoms. The highest BCUT2D eigenvalue weighted by Gasteiger charge is 2.27. The maximum Gasteiger partial charge on any atom is 0.236 e. The fraction of sp³-hybridized carbons (Fsp3) is 0.765. The number of carbonyl (C=O) groups excluding carboxylic acids is 1. The number of anilines is 1. The quantitative estimate of drug-likeness (QED) is 0.887. The lowest BCUT2D eigenvalue weighted by atomic mass is 9.92. The molecule has 0 aliphatic carbocycles. The summed E-state index contributed by atoms with van der Waals surface area (Å²) in [4.78, 5) is 24.7. The lowest BCUT2D eigenvalue weighted by Crippen LogP contribution is -2.51. The molecular weight excluding hydrogens is 322 g/mol. The topological polar surface area (TPSA) is 65.7 Å². The number of nitrogens with zero attached hydrogens (tertiary/aromatic N) is 4. The van der Waals surface area contributed by atoms with Gasteiger partial charge in [0.1, 0.15) is 0 Å². The zero-order valence-corrected chi connectivity index (χ0v) is 15.6. The van der Waals surface area contributed by atoms with Gasteiger partial charge in [-0.2, -0.15) is 0 Å². The molecule has 2 aliphatic heterocycles. The van der Waals surface area contributed by atoms with E-state index in [1.807, 2.05) is 6.20 Å². The largest absolute Gasteiger partial charge is 0.375 e. The molecule has 0 radical (unpaired) electrons. The Labute approximate surface area is 148 Å². The van der Waals surface area contributed by atoms with Crippen molar-refractivity contribution in [2.75, 3.05) is 51.5 Å². The standard InChI is InChI=1S/C17H29N5OS/c1-13-7-14(2)10-22(9-13)16(23)12-21-5-3-20(4-6-21)11-15-8-19-17(18)24-15/h8,13-14H,3-7,9-12H2,1-2H3,(H2,18,19). The second-order valence-corrected chi connectivity index (χ2v) is 8.61. The van der Waals surface area contributed by atoms with Gasteiger partial charge in [-0.3, -0.25) is 14.6 Å². The zero-order valence-electron chi connectivity index (χ0n) is 14.8. The summed E-state index contributed by atoms with van der Waals surface area (Å²) >= 11 is 1.56. The molecule has 1 amide bonds. The molecule has 3 heterocycles. The number of rotatable bonds is 4. The molecule has 2 fully saturated rings. The van der Waals surface area contributed by atoms with Crippen molar-refractivity contribution in [2.24, 2.45) is 11.8 Å². The lowest BCUT2D eigenvalue weighted by molar-refractivity contribution is -0.135. The first kappa shape index (κ1) is 17.6. The molecule has 0 spiro atoms. The first-order valence-electron chi connectivity index (χ1n) is 8.92. The molecule has 2 unspecified atom stereocenters. The molecule has 24 heavy (non-hydrogen) atoms. The van der Waals surface area contributed by atoms with E-state index in [9.17, 15) is 4.79 Å². The smallest absolute Gasteiger partial charge is 0.236 e. The second kappa shape index (κ2) is 7.80. The van der Waals surface area contributed by atoms with E-state index in [0.717, 1.165) is 45.8 Å². The Morgan fingerprint density at radius 2 is 1.83 bits per heavy atom. The Hall–Kier alpha value is -1.18.